The lowest BCUT2D eigenvalue weighted by molar-refractivity contribution is -0.190. The van der Waals surface area contributed by atoms with E-state index in [1.807, 2.05) is 0 Å². The Morgan fingerprint density at radius 2 is 0.773 bits per heavy atom. The summed E-state index contributed by atoms with van der Waals surface area (Å²) in [5.74, 6) is -0.264. The Balaban J connectivity index is 1.46. The van der Waals surface area contributed by atoms with Gasteiger partial charge >= 0.3 is 0 Å². The SMILES string of the molecule is CCCCC/C=C\C/C=C\CCCCCCCCC1(CCCCCCCC/C=C\C/C=C\CCCCC)OC2CCC[C@@H]2O1. The van der Waals surface area contributed by atoms with Crippen LogP contribution in [0, 0.1) is 0 Å². The summed E-state index contributed by atoms with van der Waals surface area (Å²) in [5, 5.41) is 0. The molecule has 0 spiro atoms. The van der Waals surface area contributed by atoms with Crippen LogP contribution in [0.3, 0.4) is 0 Å². The average molecular weight is 611 g/mol. The lowest BCUT2D eigenvalue weighted by Gasteiger charge is -2.29. The Morgan fingerprint density at radius 1 is 0.432 bits per heavy atom. The quantitative estimate of drug-likeness (QED) is 0.0595. The first-order valence-electron chi connectivity index (χ1n) is 19.8. The highest BCUT2D eigenvalue weighted by molar-refractivity contribution is 4.94. The van der Waals surface area contributed by atoms with Crippen molar-refractivity contribution >= 4 is 0 Å². The molecule has 1 aliphatic carbocycles. The minimum atomic E-state index is -0.264. The summed E-state index contributed by atoms with van der Waals surface area (Å²) in [6.45, 7) is 4.54. The van der Waals surface area contributed by atoms with Gasteiger partial charge in [0.1, 0.15) is 0 Å². The van der Waals surface area contributed by atoms with Crippen LogP contribution in [0.15, 0.2) is 48.6 Å². The van der Waals surface area contributed by atoms with Crippen molar-refractivity contribution in [1.29, 1.82) is 0 Å². The van der Waals surface area contributed by atoms with E-state index in [1.165, 1.54) is 161 Å². The van der Waals surface area contributed by atoms with Gasteiger partial charge in [-0.25, -0.2) is 0 Å². The summed E-state index contributed by atoms with van der Waals surface area (Å²) < 4.78 is 13.3. The van der Waals surface area contributed by atoms with Crippen LogP contribution >= 0.6 is 0 Å². The van der Waals surface area contributed by atoms with Gasteiger partial charge in [-0.15, -0.1) is 0 Å². The molecule has 1 heterocycles. The summed E-state index contributed by atoms with van der Waals surface area (Å²) in [6.07, 6.45) is 56.8. The summed E-state index contributed by atoms with van der Waals surface area (Å²) in [6, 6.07) is 0. The molecule has 254 valence electrons. The van der Waals surface area contributed by atoms with Gasteiger partial charge in [0, 0.05) is 12.8 Å². The van der Waals surface area contributed by atoms with E-state index in [1.54, 1.807) is 0 Å². The molecular formula is C42H74O2. The Labute approximate surface area is 275 Å². The van der Waals surface area contributed by atoms with Crippen molar-refractivity contribution in [3.8, 4) is 0 Å². The molecule has 2 rings (SSSR count). The van der Waals surface area contributed by atoms with E-state index in [0.717, 1.165) is 25.7 Å². The van der Waals surface area contributed by atoms with Crippen LogP contribution in [-0.4, -0.2) is 18.0 Å². The zero-order valence-corrected chi connectivity index (χ0v) is 29.6. The van der Waals surface area contributed by atoms with E-state index in [2.05, 4.69) is 62.5 Å². The Hall–Kier alpha value is -1.12. The molecular weight excluding hydrogens is 536 g/mol. The zero-order valence-electron chi connectivity index (χ0n) is 29.6. The van der Waals surface area contributed by atoms with Gasteiger partial charge < -0.3 is 9.47 Å². The Bertz CT molecular complexity index is 685. The zero-order chi connectivity index (χ0) is 31.2. The normalized spacial score (nSPS) is 20.0. The molecule has 0 radical (unpaired) electrons. The van der Waals surface area contributed by atoms with Gasteiger partial charge in [0.05, 0.1) is 12.2 Å². The predicted molar refractivity (Wildman–Crippen MR) is 194 cm³/mol. The molecule has 2 fully saturated rings. The summed E-state index contributed by atoms with van der Waals surface area (Å²) in [4.78, 5) is 0. The van der Waals surface area contributed by atoms with E-state index in [9.17, 15) is 0 Å². The second-order valence-electron chi connectivity index (χ2n) is 13.8. The van der Waals surface area contributed by atoms with Crippen molar-refractivity contribution in [3.63, 3.8) is 0 Å². The smallest absolute Gasteiger partial charge is 0.169 e. The molecule has 0 aromatic rings. The highest BCUT2D eigenvalue weighted by atomic mass is 16.8. The standard InChI is InChI=1S/C42H74O2/c1-3-5-7-9-11-13-15-17-19-21-23-25-27-29-31-33-38-42(43-40-36-35-37-41(40)44-42)39-34-32-30-28-26-24-22-20-18-16-14-12-10-8-6-4-2/h11-14,17-20,40-41H,3-10,15-16,21-39H2,1-2H3/b13-11-,14-12-,19-17-,20-18-/t40-,41?/m0/s1. The van der Waals surface area contributed by atoms with Gasteiger partial charge in [-0.3, -0.25) is 0 Å². The topological polar surface area (TPSA) is 18.5 Å². The van der Waals surface area contributed by atoms with E-state index >= 15 is 0 Å². The summed E-state index contributed by atoms with van der Waals surface area (Å²) >= 11 is 0. The second kappa shape index (κ2) is 28.1. The highest BCUT2D eigenvalue weighted by Crippen LogP contribution is 2.43. The lowest BCUT2D eigenvalue weighted by Crippen LogP contribution is -2.31. The van der Waals surface area contributed by atoms with Crippen molar-refractivity contribution in [2.45, 2.75) is 218 Å². The number of fused-ring (bicyclic) bond motifs is 1. The number of rotatable bonds is 30. The number of allylic oxidation sites excluding steroid dienone is 8. The van der Waals surface area contributed by atoms with Crippen molar-refractivity contribution in [1.82, 2.24) is 0 Å². The molecule has 44 heavy (non-hydrogen) atoms. The van der Waals surface area contributed by atoms with Crippen LogP contribution in [0.5, 0.6) is 0 Å². The van der Waals surface area contributed by atoms with Crippen LogP contribution in [0.25, 0.3) is 0 Å². The molecule has 0 N–H and O–H groups in total. The third-order valence-corrected chi connectivity index (χ3v) is 9.64. The molecule has 1 aliphatic heterocycles. The van der Waals surface area contributed by atoms with Gasteiger partial charge in [-0.2, -0.15) is 0 Å². The molecule has 1 saturated heterocycles. The largest absolute Gasteiger partial charge is 0.344 e. The van der Waals surface area contributed by atoms with E-state index in [-0.39, 0.29) is 5.79 Å². The molecule has 0 aromatic carbocycles. The molecule has 2 aliphatic rings. The van der Waals surface area contributed by atoms with E-state index in [4.69, 9.17) is 9.47 Å². The van der Waals surface area contributed by atoms with Gasteiger partial charge in [-0.05, 0) is 96.3 Å². The summed E-state index contributed by atoms with van der Waals surface area (Å²) in [5.41, 5.74) is 0. The van der Waals surface area contributed by atoms with Crippen molar-refractivity contribution in [3.05, 3.63) is 48.6 Å². The molecule has 1 saturated carbocycles. The Morgan fingerprint density at radius 3 is 1.16 bits per heavy atom. The van der Waals surface area contributed by atoms with E-state index in [0.29, 0.717) is 12.2 Å². The van der Waals surface area contributed by atoms with Gasteiger partial charge in [-0.1, -0.05) is 140 Å². The van der Waals surface area contributed by atoms with Gasteiger partial charge in [0.25, 0.3) is 0 Å². The van der Waals surface area contributed by atoms with Crippen LogP contribution in [-0.2, 0) is 9.47 Å². The predicted octanol–water partition coefficient (Wildman–Crippen LogP) is 14.1. The number of ether oxygens (including phenoxy) is 2. The van der Waals surface area contributed by atoms with Crippen molar-refractivity contribution < 1.29 is 9.47 Å². The first kappa shape index (κ1) is 39.1. The second-order valence-corrected chi connectivity index (χ2v) is 13.8. The van der Waals surface area contributed by atoms with Gasteiger partial charge in [0.15, 0.2) is 5.79 Å². The molecule has 2 nitrogen and oxygen atoms in total. The lowest BCUT2D eigenvalue weighted by atomic mass is 9.98. The fourth-order valence-electron chi connectivity index (χ4n) is 6.87. The molecule has 2 atom stereocenters. The molecule has 0 amide bonds. The number of hydrogen-bond acceptors (Lipinski definition) is 2. The minimum Gasteiger partial charge on any atom is -0.344 e. The number of hydrogen-bond donors (Lipinski definition) is 0. The molecule has 0 aromatic heterocycles. The average Bonchev–Trinajstić information content (AvgIpc) is 3.60. The monoisotopic (exact) mass is 611 g/mol. The highest BCUT2D eigenvalue weighted by Gasteiger charge is 2.48. The maximum absolute atomic E-state index is 6.67. The maximum Gasteiger partial charge on any atom is 0.169 e. The Kier molecular flexibility index (Phi) is 25.0. The van der Waals surface area contributed by atoms with Crippen molar-refractivity contribution in [2.24, 2.45) is 0 Å². The molecule has 0 bridgehead atoms. The third kappa shape index (κ3) is 20.1. The third-order valence-electron chi connectivity index (χ3n) is 9.64. The van der Waals surface area contributed by atoms with Crippen LogP contribution in [0.1, 0.15) is 200 Å². The van der Waals surface area contributed by atoms with Gasteiger partial charge in [0.2, 0.25) is 0 Å². The van der Waals surface area contributed by atoms with E-state index < -0.39 is 0 Å². The minimum absolute atomic E-state index is 0.264. The number of unbranched alkanes of at least 4 members (excludes halogenated alkanes) is 18. The fraction of sp³-hybridized carbons (Fsp3) is 0.810. The maximum atomic E-state index is 6.67. The van der Waals surface area contributed by atoms with Crippen LogP contribution < -0.4 is 0 Å². The van der Waals surface area contributed by atoms with Crippen LogP contribution in [0.4, 0.5) is 0 Å². The molecule has 1 unspecified atom stereocenters. The van der Waals surface area contributed by atoms with Crippen LogP contribution in [0.2, 0.25) is 0 Å². The van der Waals surface area contributed by atoms with Crippen molar-refractivity contribution in [2.75, 3.05) is 0 Å². The fourth-order valence-corrected chi connectivity index (χ4v) is 6.87. The first-order valence-corrected chi connectivity index (χ1v) is 19.8. The molecule has 2 heteroatoms. The first-order chi connectivity index (χ1) is 21.8. The summed E-state index contributed by atoms with van der Waals surface area (Å²) in [7, 11) is 0.